The van der Waals surface area contributed by atoms with Gasteiger partial charge >= 0.3 is 6.03 Å². The third-order valence-electron chi connectivity index (χ3n) is 3.70. The molecule has 0 radical (unpaired) electrons. The molecule has 0 spiro atoms. The van der Waals surface area contributed by atoms with Crippen molar-refractivity contribution in [3.63, 3.8) is 0 Å². The van der Waals surface area contributed by atoms with Crippen molar-refractivity contribution in [3.8, 4) is 0 Å². The summed E-state index contributed by atoms with van der Waals surface area (Å²) in [6.45, 7) is 3.92. The summed E-state index contributed by atoms with van der Waals surface area (Å²) in [6, 6.07) is 15.2. The number of carbonyl (C=O) groups is 1. The minimum absolute atomic E-state index is 0.368. The Morgan fingerprint density at radius 3 is 2.65 bits per heavy atom. The fourth-order valence-corrected chi connectivity index (χ4v) is 2.48. The highest BCUT2D eigenvalue weighted by Gasteiger charge is 2.06. The Bertz CT molecular complexity index is 880. The van der Waals surface area contributed by atoms with Gasteiger partial charge in [0.1, 0.15) is 0 Å². The fraction of sp³-hybridized carbons (Fsp3) is 0.111. The van der Waals surface area contributed by atoms with Crippen LogP contribution in [0.1, 0.15) is 16.8 Å². The Hall–Kier alpha value is -3.08. The van der Waals surface area contributed by atoms with Crippen molar-refractivity contribution in [2.75, 3.05) is 5.32 Å². The summed E-state index contributed by atoms with van der Waals surface area (Å²) in [5.41, 5.74) is 7.29. The number of aromatic amines is 1. The van der Waals surface area contributed by atoms with Crippen molar-refractivity contribution in [1.29, 1.82) is 0 Å². The van der Waals surface area contributed by atoms with Crippen LogP contribution in [0.3, 0.4) is 0 Å². The molecule has 0 aliphatic carbocycles. The van der Waals surface area contributed by atoms with Crippen LogP contribution in [0.15, 0.2) is 53.6 Å². The van der Waals surface area contributed by atoms with Crippen LogP contribution in [0.4, 0.5) is 10.5 Å². The number of nitrogens with one attached hydrogen (secondary N) is 3. The zero-order valence-corrected chi connectivity index (χ0v) is 13.1. The van der Waals surface area contributed by atoms with Crippen LogP contribution in [-0.4, -0.2) is 17.2 Å². The van der Waals surface area contributed by atoms with Crippen LogP contribution in [0.5, 0.6) is 0 Å². The van der Waals surface area contributed by atoms with E-state index in [2.05, 4.69) is 20.8 Å². The number of urea groups is 1. The predicted molar refractivity (Wildman–Crippen MR) is 94.0 cm³/mol. The van der Waals surface area contributed by atoms with Gasteiger partial charge in [-0.1, -0.05) is 36.4 Å². The van der Waals surface area contributed by atoms with E-state index in [4.69, 9.17) is 0 Å². The molecule has 3 rings (SSSR count). The maximum Gasteiger partial charge on any atom is 0.339 e. The molecule has 0 saturated heterocycles. The zero-order chi connectivity index (χ0) is 16.2. The maximum absolute atomic E-state index is 11.9. The number of anilines is 1. The van der Waals surface area contributed by atoms with Crippen LogP contribution in [-0.2, 0) is 0 Å². The summed E-state index contributed by atoms with van der Waals surface area (Å²) >= 11 is 0. The molecule has 116 valence electrons. The smallest absolute Gasteiger partial charge is 0.339 e. The number of aromatic nitrogens is 1. The lowest BCUT2D eigenvalue weighted by Crippen LogP contribution is -2.24. The SMILES string of the molecule is Cc1ccccc1NC(=O)NN=Cc1c(C)[nH]c2ccccc12. The Labute approximate surface area is 134 Å². The van der Waals surface area contributed by atoms with Gasteiger partial charge in [0.25, 0.3) is 0 Å². The van der Waals surface area contributed by atoms with Gasteiger partial charge in [0, 0.05) is 27.8 Å². The molecule has 0 saturated carbocycles. The molecule has 0 atom stereocenters. The molecule has 0 fully saturated rings. The first kappa shape index (κ1) is 14.8. The van der Waals surface area contributed by atoms with Crippen molar-refractivity contribution >= 4 is 28.8 Å². The molecule has 2 aromatic carbocycles. The van der Waals surface area contributed by atoms with Gasteiger partial charge < -0.3 is 10.3 Å². The Morgan fingerprint density at radius 2 is 1.83 bits per heavy atom. The number of rotatable bonds is 3. The average Bonchev–Trinajstić information content (AvgIpc) is 2.86. The minimum Gasteiger partial charge on any atom is -0.358 e. The maximum atomic E-state index is 11.9. The van der Waals surface area contributed by atoms with Crippen molar-refractivity contribution in [3.05, 3.63) is 65.4 Å². The second-order valence-electron chi connectivity index (χ2n) is 5.35. The highest BCUT2D eigenvalue weighted by Crippen LogP contribution is 2.19. The monoisotopic (exact) mass is 306 g/mol. The number of amides is 2. The van der Waals surface area contributed by atoms with Gasteiger partial charge in [-0.05, 0) is 31.5 Å². The number of nitrogens with zero attached hydrogens (tertiary/aromatic N) is 1. The Kier molecular flexibility index (Phi) is 4.10. The topological polar surface area (TPSA) is 69.3 Å². The molecule has 1 aromatic heterocycles. The lowest BCUT2D eigenvalue weighted by molar-refractivity contribution is 0.252. The van der Waals surface area contributed by atoms with Gasteiger partial charge in [-0.25, -0.2) is 10.2 Å². The van der Waals surface area contributed by atoms with Crippen molar-refractivity contribution in [2.24, 2.45) is 5.10 Å². The van der Waals surface area contributed by atoms with Crippen LogP contribution in [0.2, 0.25) is 0 Å². The Balaban J connectivity index is 1.70. The molecule has 3 aromatic rings. The molecule has 0 unspecified atom stereocenters. The van der Waals surface area contributed by atoms with Crippen LogP contribution >= 0.6 is 0 Å². The van der Waals surface area contributed by atoms with Crippen LogP contribution < -0.4 is 10.7 Å². The molecule has 5 nitrogen and oxygen atoms in total. The molecule has 0 bridgehead atoms. The molecular weight excluding hydrogens is 288 g/mol. The third-order valence-corrected chi connectivity index (χ3v) is 3.70. The van der Waals surface area contributed by atoms with Gasteiger partial charge in [0.2, 0.25) is 0 Å². The molecule has 1 heterocycles. The largest absolute Gasteiger partial charge is 0.358 e. The van der Waals surface area contributed by atoms with E-state index in [1.807, 2.05) is 62.4 Å². The normalized spacial score (nSPS) is 11.0. The number of benzene rings is 2. The molecule has 5 heteroatoms. The van der Waals surface area contributed by atoms with Crippen molar-refractivity contribution < 1.29 is 4.79 Å². The van der Waals surface area contributed by atoms with E-state index in [1.165, 1.54) is 0 Å². The molecule has 23 heavy (non-hydrogen) atoms. The summed E-state index contributed by atoms with van der Waals surface area (Å²) in [5, 5.41) is 7.89. The second-order valence-corrected chi connectivity index (χ2v) is 5.35. The van der Waals surface area contributed by atoms with Gasteiger partial charge in [-0.15, -0.1) is 0 Å². The average molecular weight is 306 g/mol. The van der Waals surface area contributed by atoms with E-state index in [1.54, 1.807) is 6.21 Å². The second kappa shape index (κ2) is 6.36. The first-order valence-corrected chi connectivity index (χ1v) is 7.38. The number of H-pyrrole nitrogens is 1. The predicted octanol–water partition coefficient (Wildman–Crippen LogP) is 3.94. The molecule has 0 aliphatic rings. The van der Waals surface area contributed by atoms with Crippen LogP contribution in [0.25, 0.3) is 10.9 Å². The summed E-state index contributed by atoms with van der Waals surface area (Å²) in [7, 11) is 0. The minimum atomic E-state index is -0.368. The molecule has 0 aliphatic heterocycles. The fourth-order valence-electron chi connectivity index (χ4n) is 2.48. The summed E-state index contributed by atoms with van der Waals surface area (Å²) in [4.78, 5) is 15.2. The van der Waals surface area contributed by atoms with E-state index in [-0.39, 0.29) is 6.03 Å². The van der Waals surface area contributed by atoms with Gasteiger partial charge in [-0.2, -0.15) is 5.10 Å². The van der Waals surface area contributed by atoms with E-state index >= 15 is 0 Å². The Morgan fingerprint density at radius 1 is 1.09 bits per heavy atom. The first-order valence-electron chi connectivity index (χ1n) is 7.38. The van der Waals surface area contributed by atoms with E-state index in [0.717, 1.165) is 33.4 Å². The number of hydrogen-bond acceptors (Lipinski definition) is 2. The number of para-hydroxylation sites is 2. The number of hydrogen-bond donors (Lipinski definition) is 3. The van der Waals surface area contributed by atoms with Gasteiger partial charge in [-0.3, -0.25) is 0 Å². The lowest BCUT2D eigenvalue weighted by Gasteiger charge is -2.06. The first-order chi connectivity index (χ1) is 11.1. The zero-order valence-electron chi connectivity index (χ0n) is 13.1. The number of carbonyl (C=O) groups excluding carboxylic acids is 1. The van der Waals surface area contributed by atoms with Crippen molar-refractivity contribution in [2.45, 2.75) is 13.8 Å². The van der Waals surface area contributed by atoms with Gasteiger partial charge in [0.05, 0.1) is 6.21 Å². The summed E-state index contributed by atoms with van der Waals surface area (Å²) in [6.07, 6.45) is 1.66. The van der Waals surface area contributed by atoms with Crippen molar-refractivity contribution in [1.82, 2.24) is 10.4 Å². The lowest BCUT2D eigenvalue weighted by atomic mass is 10.1. The van der Waals surface area contributed by atoms with Gasteiger partial charge in [0.15, 0.2) is 0 Å². The highest BCUT2D eigenvalue weighted by atomic mass is 16.2. The molecule has 2 amide bonds. The van der Waals surface area contributed by atoms with E-state index in [9.17, 15) is 4.79 Å². The molecule has 3 N–H and O–H groups in total. The number of aryl methyl sites for hydroxylation is 2. The number of hydrazone groups is 1. The van der Waals surface area contributed by atoms with E-state index < -0.39 is 0 Å². The summed E-state index contributed by atoms with van der Waals surface area (Å²) in [5.74, 6) is 0. The molecular formula is C18H18N4O. The standard InChI is InChI=1S/C18H18N4O/c1-12-7-3-5-9-16(12)21-18(23)22-19-11-15-13(2)20-17-10-6-4-8-14(15)17/h3-11,20H,1-2H3,(H2,21,22,23). The van der Waals surface area contributed by atoms with Crippen LogP contribution in [0, 0.1) is 13.8 Å². The van der Waals surface area contributed by atoms with E-state index in [0.29, 0.717) is 0 Å². The number of fused-ring (bicyclic) bond motifs is 1. The highest BCUT2D eigenvalue weighted by molar-refractivity contribution is 6.01. The third kappa shape index (κ3) is 3.23. The quantitative estimate of drug-likeness (QED) is 0.498. The summed E-state index contributed by atoms with van der Waals surface area (Å²) < 4.78 is 0.